The fourth-order valence-corrected chi connectivity index (χ4v) is 4.57. The first-order valence-corrected chi connectivity index (χ1v) is 10.3. The number of amides is 1. The highest BCUT2D eigenvalue weighted by Gasteiger charge is 2.38. The smallest absolute Gasteiger partial charge is 0.262 e. The Morgan fingerprint density at radius 3 is 2.48 bits per heavy atom. The lowest BCUT2D eigenvalue weighted by molar-refractivity contribution is -0.119. The SMILES string of the molecule is CCOc1cc(C)c(S(=O)(=O)Nc2ccc3c(c2)C(C)(C)C(=O)N3)cc1C. The Hall–Kier alpha value is -2.54. The van der Waals surface area contributed by atoms with Crippen LogP contribution in [0.5, 0.6) is 5.75 Å². The van der Waals surface area contributed by atoms with Crippen molar-refractivity contribution >= 4 is 27.3 Å². The summed E-state index contributed by atoms with van der Waals surface area (Å²) in [6, 6.07) is 8.43. The number of sulfonamides is 1. The van der Waals surface area contributed by atoms with Gasteiger partial charge in [-0.2, -0.15) is 0 Å². The Morgan fingerprint density at radius 2 is 1.81 bits per heavy atom. The summed E-state index contributed by atoms with van der Waals surface area (Å²) in [5, 5.41) is 2.81. The summed E-state index contributed by atoms with van der Waals surface area (Å²) in [6.07, 6.45) is 0. The maximum atomic E-state index is 12.9. The van der Waals surface area contributed by atoms with Crippen molar-refractivity contribution in [2.75, 3.05) is 16.6 Å². The van der Waals surface area contributed by atoms with Gasteiger partial charge in [0, 0.05) is 11.4 Å². The van der Waals surface area contributed by atoms with E-state index in [1.54, 1.807) is 37.3 Å². The van der Waals surface area contributed by atoms with E-state index in [0.717, 1.165) is 11.1 Å². The Morgan fingerprint density at radius 1 is 1.11 bits per heavy atom. The van der Waals surface area contributed by atoms with Crippen molar-refractivity contribution in [3.8, 4) is 5.75 Å². The zero-order chi connectivity index (χ0) is 20.0. The summed E-state index contributed by atoms with van der Waals surface area (Å²) < 4.78 is 34.0. The van der Waals surface area contributed by atoms with E-state index in [0.29, 0.717) is 29.3 Å². The predicted molar refractivity (Wildman–Crippen MR) is 106 cm³/mol. The lowest BCUT2D eigenvalue weighted by Crippen LogP contribution is -2.27. The first-order chi connectivity index (χ1) is 12.6. The minimum atomic E-state index is -3.78. The topological polar surface area (TPSA) is 84.5 Å². The van der Waals surface area contributed by atoms with Crippen molar-refractivity contribution in [3.05, 3.63) is 47.0 Å². The third-order valence-corrected chi connectivity index (χ3v) is 6.35. The van der Waals surface area contributed by atoms with E-state index >= 15 is 0 Å². The average Bonchev–Trinajstić information content (AvgIpc) is 2.80. The number of aryl methyl sites for hydroxylation is 2. The highest BCUT2D eigenvalue weighted by Crippen LogP contribution is 2.39. The molecule has 0 aromatic heterocycles. The molecule has 1 aliphatic heterocycles. The second kappa shape index (κ2) is 6.56. The fraction of sp³-hybridized carbons (Fsp3) is 0.350. The number of carbonyl (C=O) groups excluding carboxylic acids is 1. The Labute approximate surface area is 160 Å². The molecule has 27 heavy (non-hydrogen) atoms. The molecule has 7 heteroatoms. The maximum Gasteiger partial charge on any atom is 0.262 e. The van der Waals surface area contributed by atoms with Gasteiger partial charge >= 0.3 is 0 Å². The molecule has 0 atom stereocenters. The summed E-state index contributed by atoms with van der Waals surface area (Å²) in [7, 11) is -3.78. The minimum absolute atomic E-state index is 0.101. The lowest BCUT2D eigenvalue weighted by atomic mass is 9.86. The van der Waals surface area contributed by atoms with Crippen molar-refractivity contribution < 1.29 is 17.9 Å². The van der Waals surface area contributed by atoms with Crippen molar-refractivity contribution in [2.24, 2.45) is 0 Å². The van der Waals surface area contributed by atoms with Crippen molar-refractivity contribution in [1.29, 1.82) is 0 Å². The van der Waals surface area contributed by atoms with Crippen molar-refractivity contribution in [3.63, 3.8) is 0 Å². The molecule has 2 aromatic carbocycles. The van der Waals surface area contributed by atoms with E-state index < -0.39 is 15.4 Å². The summed E-state index contributed by atoms with van der Waals surface area (Å²) in [5.41, 5.74) is 2.56. The van der Waals surface area contributed by atoms with Crippen molar-refractivity contribution in [1.82, 2.24) is 0 Å². The summed E-state index contributed by atoms with van der Waals surface area (Å²) in [5.74, 6) is 0.577. The van der Waals surface area contributed by atoms with E-state index in [9.17, 15) is 13.2 Å². The molecule has 0 fully saturated rings. The number of benzene rings is 2. The molecule has 144 valence electrons. The molecule has 0 unspecified atom stereocenters. The zero-order valence-corrected chi connectivity index (χ0v) is 17.0. The minimum Gasteiger partial charge on any atom is -0.494 e. The number of hydrogen-bond donors (Lipinski definition) is 2. The Kier molecular flexibility index (Phi) is 4.67. The molecule has 6 nitrogen and oxygen atoms in total. The summed E-state index contributed by atoms with van der Waals surface area (Å²) >= 11 is 0. The number of anilines is 2. The predicted octanol–water partition coefficient (Wildman–Crippen LogP) is 3.73. The van der Waals surface area contributed by atoms with Crippen LogP contribution in [-0.4, -0.2) is 20.9 Å². The highest BCUT2D eigenvalue weighted by molar-refractivity contribution is 7.92. The van der Waals surface area contributed by atoms with Gasteiger partial charge in [0.05, 0.1) is 16.9 Å². The third-order valence-electron chi connectivity index (χ3n) is 4.82. The van der Waals surface area contributed by atoms with Gasteiger partial charge in [-0.3, -0.25) is 9.52 Å². The van der Waals surface area contributed by atoms with Gasteiger partial charge in [0.1, 0.15) is 5.75 Å². The normalized spacial score (nSPS) is 15.2. The van der Waals surface area contributed by atoms with Gasteiger partial charge in [0.2, 0.25) is 5.91 Å². The maximum absolute atomic E-state index is 12.9. The second-order valence-corrected chi connectivity index (χ2v) is 8.91. The van der Waals surface area contributed by atoms with Crippen LogP contribution in [0.3, 0.4) is 0 Å². The Bertz CT molecular complexity index is 1030. The average molecular weight is 388 g/mol. The van der Waals surface area contributed by atoms with Gasteiger partial charge in [-0.05, 0) is 81.6 Å². The molecule has 2 aromatic rings. The van der Waals surface area contributed by atoms with Gasteiger partial charge in [0.15, 0.2) is 0 Å². The van der Waals surface area contributed by atoms with Gasteiger partial charge in [-0.15, -0.1) is 0 Å². The third kappa shape index (κ3) is 3.39. The lowest BCUT2D eigenvalue weighted by Gasteiger charge is -2.17. The molecule has 0 saturated heterocycles. The van der Waals surface area contributed by atoms with Crippen LogP contribution in [0.15, 0.2) is 35.2 Å². The van der Waals surface area contributed by atoms with Crippen LogP contribution in [0.25, 0.3) is 0 Å². The van der Waals surface area contributed by atoms with E-state index in [-0.39, 0.29) is 10.8 Å². The van der Waals surface area contributed by atoms with Crippen LogP contribution in [0, 0.1) is 13.8 Å². The molecular weight excluding hydrogens is 364 g/mol. The number of carbonyl (C=O) groups is 1. The molecule has 0 aliphatic carbocycles. The number of hydrogen-bond acceptors (Lipinski definition) is 4. The van der Waals surface area contributed by atoms with Gasteiger partial charge in [-0.1, -0.05) is 0 Å². The quantitative estimate of drug-likeness (QED) is 0.817. The van der Waals surface area contributed by atoms with Crippen LogP contribution in [0.4, 0.5) is 11.4 Å². The fourth-order valence-electron chi connectivity index (χ4n) is 3.21. The van der Waals surface area contributed by atoms with E-state index in [1.807, 2.05) is 27.7 Å². The highest BCUT2D eigenvalue weighted by atomic mass is 32.2. The molecule has 3 rings (SSSR count). The molecule has 1 heterocycles. The van der Waals surface area contributed by atoms with Crippen molar-refractivity contribution in [2.45, 2.75) is 44.9 Å². The largest absolute Gasteiger partial charge is 0.494 e. The molecular formula is C20H24N2O4S. The molecule has 0 bridgehead atoms. The van der Waals surface area contributed by atoms with E-state index in [1.165, 1.54) is 0 Å². The van der Waals surface area contributed by atoms with Gasteiger partial charge < -0.3 is 10.1 Å². The summed E-state index contributed by atoms with van der Waals surface area (Å²) in [6.45, 7) is 9.58. The van der Waals surface area contributed by atoms with Crippen LogP contribution in [-0.2, 0) is 20.2 Å². The first kappa shape index (κ1) is 19.2. The molecule has 0 spiro atoms. The number of ether oxygens (including phenoxy) is 1. The number of fused-ring (bicyclic) bond motifs is 1. The number of rotatable bonds is 5. The molecule has 0 saturated carbocycles. The molecule has 1 aliphatic rings. The molecule has 1 amide bonds. The number of nitrogens with one attached hydrogen (secondary N) is 2. The van der Waals surface area contributed by atoms with E-state index in [4.69, 9.17) is 4.74 Å². The van der Waals surface area contributed by atoms with Gasteiger partial charge in [-0.25, -0.2) is 8.42 Å². The molecule has 2 N–H and O–H groups in total. The van der Waals surface area contributed by atoms with E-state index in [2.05, 4.69) is 10.0 Å². The zero-order valence-electron chi connectivity index (χ0n) is 16.1. The van der Waals surface area contributed by atoms with Gasteiger partial charge in [0.25, 0.3) is 10.0 Å². The first-order valence-electron chi connectivity index (χ1n) is 8.79. The second-order valence-electron chi connectivity index (χ2n) is 7.26. The summed E-state index contributed by atoms with van der Waals surface area (Å²) in [4.78, 5) is 12.3. The van der Waals surface area contributed by atoms with Crippen LogP contribution < -0.4 is 14.8 Å². The Balaban J connectivity index is 1.96. The molecule has 0 radical (unpaired) electrons. The standard InChI is InChI=1S/C20H24N2O4S/c1-6-26-17-9-13(3)18(10-12(17)2)27(24,25)22-14-7-8-16-15(11-14)20(4,5)19(23)21-16/h7-11,22H,6H2,1-5H3,(H,21,23). The van der Waals surface area contributed by atoms with Crippen LogP contribution in [0.1, 0.15) is 37.5 Å². The van der Waals surface area contributed by atoms with Crippen LogP contribution in [0.2, 0.25) is 0 Å². The monoisotopic (exact) mass is 388 g/mol. The van der Waals surface area contributed by atoms with Crippen LogP contribution >= 0.6 is 0 Å².